The molecule has 88 valence electrons. The molecule has 0 aliphatic rings. The van der Waals surface area contributed by atoms with Crippen molar-refractivity contribution in [1.82, 2.24) is 0 Å². The molecule has 0 saturated heterocycles. The van der Waals surface area contributed by atoms with Gasteiger partial charge in [0.1, 0.15) is 0 Å². The van der Waals surface area contributed by atoms with Gasteiger partial charge in [0, 0.05) is 16.6 Å². The summed E-state index contributed by atoms with van der Waals surface area (Å²) in [4.78, 5) is 11.5. The summed E-state index contributed by atoms with van der Waals surface area (Å²) in [5, 5.41) is 3.48. The van der Waals surface area contributed by atoms with Gasteiger partial charge in [0.15, 0.2) is 0 Å². The zero-order valence-electron chi connectivity index (χ0n) is 9.22. The third-order valence-electron chi connectivity index (χ3n) is 2.21. The van der Waals surface area contributed by atoms with Crippen LogP contribution < -0.4 is 5.32 Å². The first kappa shape index (κ1) is 13.5. The number of anilines is 1. The third kappa shape index (κ3) is 4.54. The molecule has 0 unspecified atom stereocenters. The molecule has 1 rings (SSSR count). The lowest BCUT2D eigenvalue weighted by Crippen LogP contribution is -2.10. The Bertz CT molecular complexity index is 368. The van der Waals surface area contributed by atoms with Gasteiger partial charge in [-0.15, -0.1) is 0 Å². The van der Waals surface area contributed by atoms with Crippen LogP contribution in [0, 0.1) is 0 Å². The van der Waals surface area contributed by atoms with E-state index in [1.54, 1.807) is 18.2 Å². The van der Waals surface area contributed by atoms with Gasteiger partial charge in [-0.05, 0) is 40.5 Å². The third-order valence-corrected chi connectivity index (χ3v) is 3.42. The maximum Gasteiger partial charge on any atom is 0.224 e. The van der Waals surface area contributed by atoms with Crippen molar-refractivity contribution in [3.8, 4) is 0 Å². The molecule has 0 saturated carbocycles. The Morgan fingerprint density at radius 2 is 2.19 bits per heavy atom. The van der Waals surface area contributed by atoms with Crippen molar-refractivity contribution in [2.75, 3.05) is 5.32 Å². The molecule has 0 aliphatic carbocycles. The van der Waals surface area contributed by atoms with Gasteiger partial charge >= 0.3 is 0 Å². The van der Waals surface area contributed by atoms with Crippen LogP contribution in [-0.2, 0) is 4.79 Å². The van der Waals surface area contributed by atoms with Gasteiger partial charge in [-0.1, -0.05) is 31.4 Å². The van der Waals surface area contributed by atoms with E-state index in [0.717, 1.165) is 29.4 Å². The maximum atomic E-state index is 11.5. The SMILES string of the molecule is CCCCCC(=O)Nc1ccc(Cl)c(Br)c1. The van der Waals surface area contributed by atoms with Gasteiger partial charge < -0.3 is 5.32 Å². The van der Waals surface area contributed by atoms with Crippen molar-refractivity contribution >= 4 is 39.1 Å². The summed E-state index contributed by atoms with van der Waals surface area (Å²) in [5.41, 5.74) is 0.776. The second-order valence-electron chi connectivity index (χ2n) is 3.63. The Morgan fingerprint density at radius 1 is 1.44 bits per heavy atom. The van der Waals surface area contributed by atoms with Crippen molar-refractivity contribution in [3.63, 3.8) is 0 Å². The van der Waals surface area contributed by atoms with Gasteiger partial charge in [0.25, 0.3) is 0 Å². The van der Waals surface area contributed by atoms with Crippen molar-refractivity contribution in [2.24, 2.45) is 0 Å². The number of carbonyl (C=O) groups is 1. The average molecular weight is 305 g/mol. The first-order valence-electron chi connectivity index (χ1n) is 5.38. The Kier molecular flexibility index (Phi) is 5.85. The smallest absolute Gasteiger partial charge is 0.224 e. The van der Waals surface area contributed by atoms with Gasteiger partial charge in [-0.25, -0.2) is 0 Å². The quantitative estimate of drug-likeness (QED) is 0.790. The van der Waals surface area contributed by atoms with E-state index in [1.807, 2.05) is 0 Å². The van der Waals surface area contributed by atoms with Crippen molar-refractivity contribution in [2.45, 2.75) is 32.6 Å². The fourth-order valence-corrected chi connectivity index (χ4v) is 1.83. The summed E-state index contributed by atoms with van der Waals surface area (Å²) >= 11 is 9.18. The lowest BCUT2D eigenvalue weighted by Gasteiger charge is -2.06. The predicted octanol–water partition coefficient (Wildman–Crippen LogP) is 4.62. The molecule has 0 aliphatic heterocycles. The zero-order valence-corrected chi connectivity index (χ0v) is 11.6. The molecule has 0 fully saturated rings. The molecule has 1 amide bonds. The van der Waals surface area contributed by atoms with Crippen LogP contribution in [0.2, 0.25) is 5.02 Å². The molecule has 0 atom stereocenters. The fourth-order valence-electron chi connectivity index (χ4n) is 1.33. The second kappa shape index (κ2) is 6.92. The van der Waals surface area contributed by atoms with E-state index >= 15 is 0 Å². The highest BCUT2D eigenvalue weighted by Gasteiger charge is 2.03. The summed E-state index contributed by atoms with van der Waals surface area (Å²) in [6, 6.07) is 5.36. The minimum absolute atomic E-state index is 0.0580. The van der Waals surface area contributed by atoms with Gasteiger partial charge in [0.05, 0.1) is 5.02 Å². The van der Waals surface area contributed by atoms with Crippen LogP contribution in [-0.4, -0.2) is 5.91 Å². The van der Waals surface area contributed by atoms with Crippen LogP contribution >= 0.6 is 27.5 Å². The molecule has 0 bridgehead atoms. The molecule has 16 heavy (non-hydrogen) atoms. The minimum Gasteiger partial charge on any atom is -0.326 e. The molecule has 4 heteroatoms. The topological polar surface area (TPSA) is 29.1 Å². The number of carbonyl (C=O) groups excluding carboxylic acids is 1. The molecular formula is C12H15BrClNO. The number of benzene rings is 1. The predicted molar refractivity (Wildman–Crippen MR) is 71.9 cm³/mol. The van der Waals surface area contributed by atoms with Crippen molar-refractivity contribution < 1.29 is 4.79 Å². The molecule has 2 nitrogen and oxygen atoms in total. The van der Waals surface area contributed by atoms with E-state index in [0.29, 0.717) is 11.4 Å². The van der Waals surface area contributed by atoms with E-state index in [-0.39, 0.29) is 5.91 Å². The van der Waals surface area contributed by atoms with E-state index in [4.69, 9.17) is 11.6 Å². The van der Waals surface area contributed by atoms with Gasteiger partial charge in [0.2, 0.25) is 5.91 Å². The number of hydrogen-bond acceptors (Lipinski definition) is 1. The van der Waals surface area contributed by atoms with Crippen LogP contribution in [0.4, 0.5) is 5.69 Å². The molecule has 0 heterocycles. The van der Waals surface area contributed by atoms with Gasteiger partial charge in [-0.2, -0.15) is 0 Å². The minimum atomic E-state index is 0.0580. The van der Waals surface area contributed by atoms with Crippen LogP contribution in [0.1, 0.15) is 32.6 Å². The Hall–Kier alpha value is -0.540. The largest absolute Gasteiger partial charge is 0.326 e. The lowest BCUT2D eigenvalue weighted by atomic mass is 10.2. The van der Waals surface area contributed by atoms with Crippen LogP contribution in [0.25, 0.3) is 0 Å². The Balaban J connectivity index is 2.46. The summed E-state index contributed by atoms with van der Waals surface area (Å²) in [6.07, 6.45) is 3.74. The first-order valence-corrected chi connectivity index (χ1v) is 6.55. The number of amides is 1. The maximum absolute atomic E-state index is 11.5. The summed E-state index contributed by atoms with van der Waals surface area (Å²) in [5.74, 6) is 0.0580. The molecular weight excluding hydrogens is 289 g/mol. The number of nitrogens with one attached hydrogen (secondary N) is 1. The molecule has 0 aromatic heterocycles. The summed E-state index contributed by atoms with van der Waals surface area (Å²) < 4.78 is 0.792. The highest BCUT2D eigenvalue weighted by molar-refractivity contribution is 9.10. The standard InChI is InChI=1S/C12H15BrClNO/c1-2-3-4-5-12(16)15-9-6-7-11(14)10(13)8-9/h6-8H,2-5H2,1H3,(H,15,16). The molecule has 1 aromatic carbocycles. The number of hydrogen-bond donors (Lipinski definition) is 1. The molecule has 0 spiro atoms. The van der Waals surface area contributed by atoms with E-state index < -0.39 is 0 Å². The Labute approximate surface area is 110 Å². The Morgan fingerprint density at radius 3 is 2.81 bits per heavy atom. The zero-order chi connectivity index (χ0) is 12.0. The monoisotopic (exact) mass is 303 g/mol. The number of halogens is 2. The van der Waals surface area contributed by atoms with Crippen LogP contribution in [0.3, 0.4) is 0 Å². The van der Waals surface area contributed by atoms with E-state index in [2.05, 4.69) is 28.2 Å². The van der Waals surface area contributed by atoms with Gasteiger partial charge in [-0.3, -0.25) is 4.79 Å². The summed E-state index contributed by atoms with van der Waals surface area (Å²) in [6.45, 7) is 2.12. The van der Waals surface area contributed by atoms with Crippen molar-refractivity contribution in [3.05, 3.63) is 27.7 Å². The lowest BCUT2D eigenvalue weighted by molar-refractivity contribution is -0.116. The van der Waals surface area contributed by atoms with E-state index in [1.165, 1.54) is 0 Å². The second-order valence-corrected chi connectivity index (χ2v) is 4.90. The molecule has 0 radical (unpaired) electrons. The van der Waals surface area contributed by atoms with Crippen LogP contribution in [0.15, 0.2) is 22.7 Å². The molecule has 1 N–H and O–H groups in total. The van der Waals surface area contributed by atoms with Crippen LogP contribution in [0.5, 0.6) is 0 Å². The average Bonchev–Trinajstić information content (AvgIpc) is 2.24. The first-order chi connectivity index (χ1) is 7.63. The van der Waals surface area contributed by atoms with Crippen molar-refractivity contribution in [1.29, 1.82) is 0 Å². The molecule has 1 aromatic rings. The summed E-state index contributed by atoms with van der Waals surface area (Å²) in [7, 11) is 0. The highest BCUT2D eigenvalue weighted by atomic mass is 79.9. The number of unbranched alkanes of at least 4 members (excludes halogenated alkanes) is 2. The number of rotatable bonds is 5. The highest BCUT2D eigenvalue weighted by Crippen LogP contribution is 2.25. The normalized spacial score (nSPS) is 10.2. The van der Waals surface area contributed by atoms with E-state index in [9.17, 15) is 4.79 Å². The fraction of sp³-hybridized carbons (Fsp3) is 0.417.